The molecule has 150 valence electrons. The van der Waals surface area contributed by atoms with Crippen molar-refractivity contribution >= 4 is 23.7 Å². The molecule has 3 rings (SSSR count). The minimum Gasteiger partial charge on any atom is -0.454 e. The van der Waals surface area contributed by atoms with Crippen molar-refractivity contribution in [2.45, 2.75) is 52.1 Å². The Morgan fingerprint density at radius 1 is 1.14 bits per heavy atom. The van der Waals surface area contributed by atoms with E-state index in [1.807, 2.05) is 0 Å². The summed E-state index contributed by atoms with van der Waals surface area (Å²) < 4.78 is 5.08. The number of benzene rings is 1. The van der Waals surface area contributed by atoms with Gasteiger partial charge in [-0.05, 0) is 37.3 Å². The summed E-state index contributed by atoms with van der Waals surface area (Å²) in [6.45, 7) is 5.29. The van der Waals surface area contributed by atoms with Crippen LogP contribution in [0.25, 0.3) is 0 Å². The van der Waals surface area contributed by atoms with Crippen molar-refractivity contribution in [3.63, 3.8) is 0 Å². The van der Waals surface area contributed by atoms with Gasteiger partial charge in [-0.1, -0.05) is 38.8 Å². The van der Waals surface area contributed by atoms with Crippen molar-refractivity contribution in [2.24, 2.45) is 11.8 Å². The molecular weight excluding hydrogens is 360 g/mol. The second kappa shape index (κ2) is 8.12. The summed E-state index contributed by atoms with van der Waals surface area (Å²) in [7, 11) is 0. The van der Waals surface area contributed by atoms with Crippen molar-refractivity contribution in [1.82, 2.24) is 10.2 Å². The number of nitrogens with zero attached hydrogens (tertiary/aromatic N) is 1. The number of hydrogen-bond acceptors (Lipinski definition) is 5. The third-order valence-corrected chi connectivity index (χ3v) is 5.95. The smallest absolute Gasteiger partial charge is 0.329 e. The number of rotatable bonds is 5. The molecule has 1 fully saturated rings. The van der Waals surface area contributed by atoms with E-state index in [1.165, 1.54) is 6.92 Å². The summed E-state index contributed by atoms with van der Waals surface area (Å²) >= 11 is 0. The molecule has 1 N–H and O–H groups in total. The number of carbonyl (C=O) groups excluding carboxylic acids is 4. The number of fused-ring (bicyclic) bond motifs is 1. The molecule has 0 bridgehead atoms. The fourth-order valence-corrected chi connectivity index (χ4v) is 3.96. The van der Waals surface area contributed by atoms with Gasteiger partial charge in [0.1, 0.15) is 6.04 Å². The zero-order chi connectivity index (χ0) is 20.4. The molecule has 2 aliphatic rings. The van der Waals surface area contributed by atoms with Crippen LogP contribution in [0.3, 0.4) is 0 Å². The van der Waals surface area contributed by atoms with Crippen LogP contribution in [0.4, 0.5) is 0 Å². The van der Waals surface area contributed by atoms with Crippen LogP contribution in [0, 0.1) is 11.8 Å². The highest BCUT2D eigenvalue weighted by Gasteiger charge is 2.41. The predicted octanol–water partition coefficient (Wildman–Crippen LogP) is 2.16. The van der Waals surface area contributed by atoms with Gasteiger partial charge in [-0.15, -0.1) is 0 Å². The van der Waals surface area contributed by atoms with Gasteiger partial charge in [0, 0.05) is 6.04 Å². The average molecular weight is 386 g/mol. The quantitative estimate of drug-likeness (QED) is 0.618. The first kappa shape index (κ1) is 20.0. The molecule has 1 aromatic rings. The number of imide groups is 1. The lowest BCUT2D eigenvalue weighted by Crippen LogP contribution is -2.47. The first-order chi connectivity index (χ1) is 13.3. The number of amides is 3. The molecule has 28 heavy (non-hydrogen) atoms. The van der Waals surface area contributed by atoms with Crippen molar-refractivity contribution < 1.29 is 23.9 Å². The Balaban J connectivity index is 1.54. The lowest BCUT2D eigenvalue weighted by molar-refractivity contribution is -0.152. The third kappa shape index (κ3) is 3.79. The second-order valence-corrected chi connectivity index (χ2v) is 7.75. The first-order valence-electron chi connectivity index (χ1n) is 9.74. The predicted molar refractivity (Wildman–Crippen MR) is 101 cm³/mol. The molecule has 7 heteroatoms. The SMILES string of the molecule is C[C@@H]1[C@H](C)CCC[C@H]1NC(=O)COC(=O)[C@@H](C)N1C(=O)c2ccccc2C1=O. The zero-order valence-corrected chi connectivity index (χ0v) is 16.4. The lowest BCUT2D eigenvalue weighted by atomic mass is 9.78. The maximum absolute atomic E-state index is 12.4. The van der Waals surface area contributed by atoms with Gasteiger partial charge >= 0.3 is 5.97 Å². The number of esters is 1. The summed E-state index contributed by atoms with van der Waals surface area (Å²) in [6, 6.07) is 5.39. The number of ether oxygens (including phenoxy) is 1. The molecule has 0 saturated heterocycles. The molecule has 1 aromatic carbocycles. The summed E-state index contributed by atoms with van der Waals surface area (Å²) in [5.41, 5.74) is 0.538. The van der Waals surface area contributed by atoms with Gasteiger partial charge in [-0.3, -0.25) is 19.3 Å². The molecule has 1 aliphatic carbocycles. The van der Waals surface area contributed by atoms with Gasteiger partial charge in [-0.25, -0.2) is 4.79 Å². The van der Waals surface area contributed by atoms with E-state index >= 15 is 0 Å². The van der Waals surface area contributed by atoms with E-state index in [1.54, 1.807) is 24.3 Å². The van der Waals surface area contributed by atoms with E-state index in [2.05, 4.69) is 19.2 Å². The molecule has 1 aliphatic heterocycles. The Hall–Kier alpha value is -2.70. The molecule has 1 saturated carbocycles. The number of carbonyl (C=O) groups is 4. The topological polar surface area (TPSA) is 92.8 Å². The van der Waals surface area contributed by atoms with Gasteiger partial charge in [0.2, 0.25) is 0 Å². The van der Waals surface area contributed by atoms with Crippen LogP contribution in [-0.4, -0.2) is 47.3 Å². The van der Waals surface area contributed by atoms with Gasteiger partial charge in [0.25, 0.3) is 17.7 Å². The van der Waals surface area contributed by atoms with E-state index in [0.29, 0.717) is 11.8 Å². The highest BCUT2D eigenvalue weighted by molar-refractivity contribution is 6.22. The molecule has 0 spiro atoms. The van der Waals surface area contributed by atoms with Crippen molar-refractivity contribution in [1.29, 1.82) is 0 Å². The fourth-order valence-electron chi connectivity index (χ4n) is 3.96. The van der Waals surface area contributed by atoms with Gasteiger partial charge < -0.3 is 10.1 Å². The molecule has 0 radical (unpaired) electrons. The Kier molecular flexibility index (Phi) is 5.82. The Bertz CT molecular complexity index is 771. The van der Waals surface area contributed by atoms with Gasteiger partial charge in [0.05, 0.1) is 11.1 Å². The molecule has 7 nitrogen and oxygen atoms in total. The van der Waals surface area contributed by atoms with Crippen molar-refractivity contribution in [2.75, 3.05) is 6.61 Å². The monoisotopic (exact) mass is 386 g/mol. The maximum Gasteiger partial charge on any atom is 0.329 e. The molecule has 4 atom stereocenters. The highest BCUT2D eigenvalue weighted by Crippen LogP contribution is 2.29. The van der Waals surface area contributed by atoms with E-state index in [0.717, 1.165) is 24.2 Å². The Morgan fingerprint density at radius 2 is 1.75 bits per heavy atom. The first-order valence-corrected chi connectivity index (χ1v) is 9.74. The van der Waals surface area contributed by atoms with Crippen LogP contribution in [0.5, 0.6) is 0 Å². The van der Waals surface area contributed by atoms with E-state index < -0.39 is 30.4 Å². The minimum absolute atomic E-state index is 0.0728. The molecule has 0 unspecified atom stereocenters. The van der Waals surface area contributed by atoms with Crippen molar-refractivity contribution in [3.8, 4) is 0 Å². The molecule has 0 aromatic heterocycles. The fraction of sp³-hybridized carbons (Fsp3) is 0.524. The third-order valence-electron chi connectivity index (χ3n) is 5.95. The summed E-state index contributed by atoms with van der Waals surface area (Å²) in [5, 5.41) is 2.93. The normalized spacial score (nSPS) is 25.2. The lowest BCUT2D eigenvalue weighted by Gasteiger charge is -2.34. The van der Waals surface area contributed by atoms with Crippen LogP contribution in [0.15, 0.2) is 24.3 Å². The van der Waals surface area contributed by atoms with Crippen LogP contribution < -0.4 is 5.32 Å². The van der Waals surface area contributed by atoms with Crippen molar-refractivity contribution in [3.05, 3.63) is 35.4 Å². The Labute approximate surface area is 164 Å². The highest BCUT2D eigenvalue weighted by atomic mass is 16.5. The molecular formula is C21H26N2O5. The average Bonchev–Trinajstić information content (AvgIpc) is 2.94. The maximum atomic E-state index is 12.4. The van der Waals surface area contributed by atoms with E-state index in [4.69, 9.17) is 4.74 Å². The standard InChI is InChI=1S/C21H26N2O5/c1-12-7-6-10-17(13(12)2)22-18(24)11-28-21(27)14(3)23-19(25)15-8-4-5-9-16(15)20(23)26/h4-5,8-9,12-14,17H,6-7,10-11H2,1-3H3,(H,22,24)/t12-,13-,14-,17-/m1/s1. The van der Waals surface area contributed by atoms with Crippen LogP contribution in [0.2, 0.25) is 0 Å². The Morgan fingerprint density at radius 3 is 2.36 bits per heavy atom. The van der Waals surface area contributed by atoms with Gasteiger partial charge in [-0.2, -0.15) is 0 Å². The number of nitrogens with one attached hydrogen (secondary N) is 1. The van der Waals surface area contributed by atoms with E-state index in [-0.39, 0.29) is 23.1 Å². The van der Waals surface area contributed by atoms with Gasteiger partial charge in [0.15, 0.2) is 6.61 Å². The summed E-state index contributed by atoms with van der Waals surface area (Å²) in [5.74, 6) is -1.30. The second-order valence-electron chi connectivity index (χ2n) is 7.75. The van der Waals surface area contributed by atoms with Crippen LogP contribution in [-0.2, 0) is 14.3 Å². The number of hydrogen-bond donors (Lipinski definition) is 1. The van der Waals surface area contributed by atoms with Crippen LogP contribution >= 0.6 is 0 Å². The van der Waals surface area contributed by atoms with Crippen LogP contribution in [0.1, 0.15) is 60.7 Å². The minimum atomic E-state index is -1.10. The van der Waals surface area contributed by atoms with E-state index in [9.17, 15) is 19.2 Å². The zero-order valence-electron chi connectivity index (χ0n) is 16.4. The summed E-state index contributed by atoms with van der Waals surface area (Å²) in [4.78, 5) is 50.3. The molecule has 1 heterocycles. The molecule has 3 amide bonds. The largest absolute Gasteiger partial charge is 0.454 e. The summed E-state index contributed by atoms with van der Waals surface area (Å²) in [6.07, 6.45) is 3.13.